The summed E-state index contributed by atoms with van der Waals surface area (Å²) in [4.78, 5) is 35.9. The van der Waals surface area contributed by atoms with Gasteiger partial charge < -0.3 is 29.8 Å². The SMILES string of the molecule is COc1cc(/C=C/C(=O)OC(C)C(=O)Nc2sccc2C(N)=O)ccc1OCc1c(C)noc1C. The molecule has 0 aliphatic rings. The highest BCUT2D eigenvalue weighted by Gasteiger charge is 2.20. The molecule has 0 spiro atoms. The fourth-order valence-electron chi connectivity index (χ4n) is 3.01. The maximum atomic E-state index is 12.3. The molecule has 0 saturated heterocycles. The average Bonchev–Trinajstić information content (AvgIpc) is 3.42. The van der Waals surface area contributed by atoms with E-state index in [9.17, 15) is 14.4 Å². The number of thiophene rings is 1. The zero-order chi connectivity index (χ0) is 25.5. The molecule has 3 N–H and O–H groups in total. The summed E-state index contributed by atoms with van der Waals surface area (Å²) in [6, 6.07) is 6.66. The average molecular weight is 500 g/mol. The molecule has 1 unspecified atom stereocenters. The number of aromatic nitrogens is 1. The van der Waals surface area contributed by atoms with E-state index < -0.39 is 23.9 Å². The Labute approximate surface area is 205 Å². The van der Waals surface area contributed by atoms with E-state index in [0.29, 0.717) is 27.8 Å². The first kappa shape index (κ1) is 25.5. The normalized spacial score (nSPS) is 11.8. The number of benzene rings is 1. The smallest absolute Gasteiger partial charge is 0.331 e. The number of primary amides is 1. The van der Waals surface area contributed by atoms with E-state index in [2.05, 4.69) is 10.5 Å². The number of anilines is 1. The van der Waals surface area contributed by atoms with Gasteiger partial charge in [0.1, 0.15) is 17.4 Å². The summed E-state index contributed by atoms with van der Waals surface area (Å²) in [7, 11) is 1.51. The predicted molar refractivity (Wildman–Crippen MR) is 129 cm³/mol. The van der Waals surface area contributed by atoms with Gasteiger partial charge in [-0.2, -0.15) is 0 Å². The molecule has 0 fully saturated rings. The van der Waals surface area contributed by atoms with Crippen molar-refractivity contribution in [3.05, 3.63) is 63.9 Å². The van der Waals surface area contributed by atoms with Crippen molar-refractivity contribution in [3.63, 3.8) is 0 Å². The number of aryl methyl sites for hydroxylation is 2. The number of carbonyl (C=O) groups excluding carboxylic acids is 3. The van der Waals surface area contributed by atoms with Crippen LogP contribution < -0.4 is 20.5 Å². The highest BCUT2D eigenvalue weighted by Crippen LogP contribution is 2.30. The van der Waals surface area contributed by atoms with Crippen LogP contribution in [-0.4, -0.2) is 36.2 Å². The molecule has 184 valence electrons. The van der Waals surface area contributed by atoms with Gasteiger partial charge in [0.15, 0.2) is 17.6 Å². The van der Waals surface area contributed by atoms with Crippen molar-refractivity contribution >= 4 is 40.2 Å². The molecule has 10 nitrogen and oxygen atoms in total. The Morgan fingerprint density at radius 2 is 2.00 bits per heavy atom. The summed E-state index contributed by atoms with van der Waals surface area (Å²) >= 11 is 1.14. The lowest BCUT2D eigenvalue weighted by Crippen LogP contribution is -2.29. The maximum Gasteiger partial charge on any atom is 0.331 e. The van der Waals surface area contributed by atoms with Gasteiger partial charge in [-0.05, 0) is 56.0 Å². The fourth-order valence-corrected chi connectivity index (χ4v) is 3.81. The Morgan fingerprint density at radius 1 is 1.23 bits per heavy atom. The Hall–Kier alpha value is -4.12. The minimum Gasteiger partial charge on any atom is -0.493 e. The number of esters is 1. The van der Waals surface area contributed by atoms with Crippen molar-refractivity contribution < 1.29 is 33.1 Å². The van der Waals surface area contributed by atoms with E-state index in [0.717, 1.165) is 22.6 Å². The molecule has 3 aromatic rings. The van der Waals surface area contributed by atoms with Gasteiger partial charge in [0.2, 0.25) is 0 Å². The third-order valence-electron chi connectivity index (χ3n) is 4.98. The first-order chi connectivity index (χ1) is 16.7. The Balaban J connectivity index is 1.58. The molecule has 1 atom stereocenters. The lowest BCUT2D eigenvalue weighted by atomic mass is 10.2. The van der Waals surface area contributed by atoms with E-state index in [1.54, 1.807) is 23.6 Å². The van der Waals surface area contributed by atoms with Crippen LogP contribution in [0.3, 0.4) is 0 Å². The topological polar surface area (TPSA) is 143 Å². The van der Waals surface area contributed by atoms with Gasteiger partial charge in [-0.15, -0.1) is 11.3 Å². The van der Waals surface area contributed by atoms with E-state index >= 15 is 0 Å². The molecule has 0 saturated carbocycles. The standard InChI is InChI=1S/C24H25N3O7S/c1-13-18(14(2)34-27-13)12-32-19-7-5-16(11-20(19)31-4)6-8-21(28)33-15(3)23(30)26-24-17(22(25)29)9-10-35-24/h5-11,15H,12H2,1-4H3,(H2,25,29)(H,26,30)/b8-6+. The Morgan fingerprint density at radius 3 is 2.66 bits per heavy atom. The van der Waals surface area contributed by atoms with Crippen LogP contribution in [0.15, 0.2) is 40.2 Å². The number of nitrogens with zero attached hydrogens (tertiary/aromatic N) is 1. The fraction of sp³-hybridized carbons (Fsp3) is 0.250. The van der Waals surface area contributed by atoms with Crippen LogP contribution in [0, 0.1) is 13.8 Å². The zero-order valence-corrected chi connectivity index (χ0v) is 20.4. The van der Waals surface area contributed by atoms with Crippen molar-refractivity contribution in [3.8, 4) is 11.5 Å². The number of rotatable bonds is 10. The van der Waals surface area contributed by atoms with E-state index in [1.807, 2.05) is 13.8 Å². The second kappa shape index (κ2) is 11.3. The van der Waals surface area contributed by atoms with E-state index in [4.69, 9.17) is 24.5 Å². The predicted octanol–water partition coefficient (Wildman–Crippen LogP) is 3.62. The molecule has 1 aromatic carbocycles. The number of nitrogens with two attached hydrogens (primary N) is 1. The summed E-state index contributed by atoms with van der Waals surface area (Å²) in [6.07, 6.45) is 1.63. The summed E-state index contributed by atoms with van der Waals surface area (Å²) in [5.41, 5.74) is 7.73. The maximum absolute atomic E-state index is 12.3. The molecule has 0 bridgehead atoms. The molecule has 2 amide bonds. The first-order valence-corrected chi connectivity index (χ1v) is 11.4. The van der Waals surface area contributed by atoms with Crippen molar-refractivity contribution in [2.24, 2.45) is 5.73 Å². The van der Waals surface area contributed by atoms with Crippen LogP contribution in [-0.2, 0) is 20.9 Å². The van der Waals surface area contributed by atoms with Crippen molar-refractivity contribution in [1.82, 2.24) is 5.16 Å². The van der Waals surface area contributed by atoms with Crippen molar-refractivity contribution in [2.75, 3.05) is 12.4 Å². The van der Waals surface area contributed by atoms with Gasteiger partial charge in [-0.3, -0.25) is 9.59 Å². The van der Waals surface area contributed by atoms with Crippen LogP contribution in [0.5, 0.6) is 11.5 Å². The summed E-state index contributed by atoms with van der Waals surface area (Å²) in [5.74, 6) is -0.289. The monoisotopic (exact) mass is 499 g/mol. The quantitative estimate of drug-likeness (QED) is 0.318. The number of amides is 2. The second-order valence-electron chi connectivity index (χ2n) is 7.43. The number of hydrogen-bond acceptors (Lipinski definition) is 9. The number of ether oxygens (including phenoxy) is 3. The molecule has 0 aliphatic heterocycles. The molecule has 0 aliphatic carbocycles. The largest absolute Gasteiger partial charge is 0.493 e. The van der Waals surface area contributed by atoms with Crippen molar-refractivity contribution in [1.29, 1.82) is 0 Å². The number of carbonyl (C=O) groups is 3. The number of nitrogens with one attached hydrogen (secondary N) is 1. The molecular formula is C24H25N3O7S. The van der Waals surface area contributed by atoms with Gasteiger partial charge >= 0.3 is 5.97 Å². The molecular weight excluding hydrogens is 474 g/mol. The van der Waals surface area contributed by atoms with E-state index in [-0.39, 0.29) is 12.2 Å². The second-order valence-corrected chi connectivity index (χ2v) is 8.35. The number of methoxy groups -OCH3 is 1. The highest BCUT2D eigenvalue weighted by atomic mass is 32.1. The minimum atomic E-state index is -1.09. The van der Waals surface area contributed by atoms with Crippen LogP contribution in [0.25, 0.3) is 6.08 Å². The first-order valence-electron chi connectivity index (χ1n) is 10.5. The van der Waals surface area contributed by atoms with Crippen LogP contribution >= 0.6 is 11.3 Å². The van der Waals surface area contributed by atoms with Crippen LogP contribution in [0.4, 0.5) is 5.00 Å². The summed E-state index contributed by atoms with van der Waals surface area (Å²) in [5, 5.41) is 8.36. The number of hydrogen-bond donors (Lipinski definition) is 2. The molecule has 0 radical (unpaired) electrons. The molecule has 11 heteroatoms. The molecule has 3 rings (SSSR count). The van der Waals surface area contributed by atoms with Gasteiger partial charge in [-0.25, -0.2) is 4.79 Å². The molecule has 2 heterocycles. The third-order valence-corrected chi connectivity index (χ3v) is 5.81. The third kappa shape index (κ3) is 6.48. The van der Waals surface area contributed by atoms with E-state index in [1.165, 1.54) is 32.3 Å². The van der Waals surface area contributed by atoms with Crippen LogP contribution in [0.1, 0.15) is 39.9 Å². The lowest BCUT2D eigenvalue weighted by molar-refractivity contribution is -0.148. The van der Waals surface area contributed by atoms with Crippen molar-refractivity contribution in [2.45, 2.75) is 33.5 Å². The summed E-state index contributed by atoms with van der Waals surface area (Å²) < 4.78 is 21.5. The Bertz CT molecular complexity index is 1240. The zero-order valence-electron chi connectivity index (χ0n) is 19.6. The van der Waals surface area contributed by atoms with Gasteiger partial charge in [0.05, 0.1) is 23.9 Å². The Kier molecular flexibility index (Phi) is 8.26. The molecule has 35 heavy (non-hydrogen) atoms. The van der Waals surface area contributed by atoms with Gasteiger partial charge in [0.25, 0.3) is 11.8 Å². The minimum absolute atomic E-state index is 0.190. The lowest BCUT2D eigenvalue weighted by Gasteiger charge is -2.12. The summed E-state index contributed by atoms with van der Waals surface area (Å²) in [6.45, 7) is 5.34. The highest BCUT2D eigenvalue weighted by molar-refractivity contribution is 7.14. The van der Waals surface area contributed by atoms with Gasteiger partial charge in [-0.1, -0.05) is 11.2 Å². The van der Waals surface area contributed by atoms with Crippen LogP contribution in [0.2, 0.25) is 0 Å². The molecule has 2 aromatic heterocycles. The van der Waals surface area contributed by atoms with Gasteiger partial charge in [0, 0.05) is 6.08 Å².